The molecule has 0 amide bonds. The van der Waals surface area contributed by atoms with Gasteiger partial charge in [0.2, 0.25) is 0 Å². The lowest BCUT2D eigenvalue weighted by molar-refractivity contribution is -0.139. The third kappa shape index (κ3) is 2.99. The quantitative estimate of drug-likeness (QED) is 0.707. The monoisotopic (exact) mass is 185 g/mol. The van der Waals surface area contributed by atoms with Gasteiger partial charge in [-0.25, -0.2) is 0 Å². The molecule has 1 N–H and O–H groups in total. The molecule has 0 aliphatic heterocycles. The van der Waals surface area contributed by atoms with Crippen molar-refractivity contribution in [3.63, 3.8) is 0 Å². The van der Waals surface area contributed by atoms with Crippen molar-refractivity contribution >= 4 is 5.97 Å². The first kappa shape index (κ1) is 10.5. The van der Waals surface area contributed by atoms with E-state index in [0.29, 0.717) is 6.04 Å². The molecule has 3 nitrogen and oxygen atoms in total. The summed E-state index contributed by atoms with van der Waals surface area (Å²) in [5, 5.41) is 8.70. The van der Waals surface area contributed by atoms with Crippen LogP contribution in [0.1, 0.15) is 33.1 Å². The Bertz CT molecular complexity index is 176. The third-order valence-corrected chi connectivity index (χ3v) is 2.71. The van der Waals surface area contributed by atoms with Crippen molar-refractivity contribution in [3.05, 3.63) is 0 Å². The fourth-order valence-corrected chi connectivity index (χ4v) is 2.01. The lowest BCUT2D eigenvalue weighted by atomic mass is 9.81. The van der Waals surface area contributed by atoms with Crippen LogP contribution < -0.4 is 0 Å². The third-order valence-electron chi connectivity index (χ3n) is 2.71. The predicted octanol–water partition coefficient (Wildman–Crippen LogP) is 1.58. The van der Waals surface area contributed by atoms with Gasteiger partial charge in [0, 0.05) is 6.04 Å². The van der Waals surface area contributed by atoms with E-state index in [0.717, 1.165) is 18.9 Å². The van der Waals surface area contributed by atoms with E-state index in [-0.39, 0.29) is 6.54 Å². The Balaban J connectivity index is 2.33. The van der Waals surface area contributed by atoms with Crippen molar-refractivity contribution in [2.45, 2.75) is 39.2 Å². The molecule has 76 valence electrons. The molecule has 0 atom stereocenters. The minimum absolute atomic E-state index is 0.214. The van der Waals surface area contributed by atoms with Crippen LogP contribution in [0.3, 0.4) is 0 Å². The largest absolute Gasteiger partial charge is 0.480 e. The van der Waals surface area contributed by atoms with Gasteiger partial charge in [0.25, 0.3) is 0 Å². The first-order chi connectivity index (χ1) is 6.13. The average Bonchev–Trinajstić information content (AvgIpc) is 1.97. The Morgan fingerprint density at radius 3 is 2.54 bits per heavy atom. The van der Waals surface area contributed by atoms with Crippen LogP contribution in [0.25, 0.3) is 0 Å². The predicted molar refractivity (Wildman–Crippen MR) is 51.7 cm³/mol. The summed E-state index contributed by atoms with van der Waals surface area (Å²) in [7, 11) is 0. The van der Waals surface area contributed by atoms with Crippen LogP contribution in [-0.2, 0) is 4.79 Å². The van der Waals surface area contributed by atoms with Gasteiger partial charge in [-0.15, -0.1) is 0 Å². The number of carboxylic acids is 1. The average molecular weight is 185 g/mol. The molecule has 0 bridgehead atoms. The highest BCUT2D eigenvalue weighted by atomic mass is 16.4. The normalized spacial score (nSPS) is 27.3. The first-order valence-electron chi connectivity index (χ1n) is 5.09. The Morgan fingerprint density at radius 1 is 1.54 bits per heavy atom. The molecule has 1 fully saturated rings. The van der Waals surface area contributed by atoms with Crippen molar-refractivity contribution in [3.8, 4) is 0 Å². The zero-order valence-electron chi connectivity index (χ0n) is 8.49. The van der Waals surface area contributed by atoms with Gasteiger partial charge in [0.15, 0.2) is 0 Å². The summed E-state index contributed by atoms with van der Waals surface area (Å²) < 4.78 is 0. The van der Waals surface area contributed by atoms with Crippen LogP contribution in [-0.4, -0.2) is 35.1 Å². The summed E-state index contributed by atoms with van der Waals surface area (Å²) in [5.41, 5.74) is 0. The molecule has 0 aromatic heterocycles. The summed E-state index contributed by atoms with van der Waals surface area (Å²) in [6.45, 7) is 5.45. The number of nitrogens with zero attached hydrogens (tertiary/aromatic N) is 1. The minimum Gasteiger partial charge on any atom is -0.480 e. The highest BCUT2D eigenvalue weighted by Crippen LogP contribution is 2.30. The van der Waals surface area contributed by atoms with Gasteiger partial charge in [0.05, 0.1) is 6.54 Å². The lowest BCUT2D eigenvalue weighted by Gasteiger charge is -2.40. The van der Waals surface area contributed by atoms with Crippen molar-refractivity contribution in [2.24, 2.45) is 5.92 Å². The van der Waals surface area contributed by atoms with Crippen molar-refractivity contribution in [2.75, 3.05) is 13.1 Å². The van der Waals surface area contributed by atoms with E-state index in [1.807, 2.05) is 0 Å². The van der Waals surface area contributed by atoms with Crippen LogP contribution in [0.15, 0.2) is 0 Å². The minimum atomic E-state index is -0.701. The zero-order valence-corrected chi connectivity index (χ0v) is 8.49. The molecule has 0 aromatic carbocycles. The van der Waals surface area contributed by atoms with Gasteiger partial charge in [-0.05, 0) is 31.7 Å². The summed E-state index contributed by atoms with van der Waals surface area (Å²) in [6, 6.07) is 0.533. The Hall–Kier alpha value is -0.570. The molecule has 0 heterocycles. The van der Waals surface area contributed by atoms with Crippen molar-refractivity contribution < 1.29 is 9.90 Å². The molecule has 1 aliphatic rings. The molecule has 0 radical (unpaired) electrons. The zero-order chi connectivity index (χ0) is 9.84. The summed E-state index contributed by atoms with van der Waals surface area (Å²) in [6.07, 6.45) is 3.39. The number of aliphatic carboxylic acids is 1. The smallest absolute Gasteiger partial charge is 0.317 e. The number of hydrogen-bond donors (Lipinski definition) is 1. The van der Waals surface area contributed by atoms with Crippen molar-refractivity contribution in [1.82, 2.24) is 4.90 Å². The standard InChI is InChI=1S/C10H19NO2/c1-3-4-11(7-10(12)13)9-5-8(2)6-9/h8-9H,3-7H2,1-2H3,(H,12,13). The second kappa shape index (κ2) is 4.61. The first-order valence-corrected chi connectivity index (χ1v) is 5.09. The van der Waals surface area contributed by atoms with E-state index in [9.17, 15) is 4.79 Å². The maximum atomic E-state index is 10.6. The van der Waals surface area contributed by atoms with Crippen LogP contribution in [0.4, 0.5) is 0 Å². The molecular formula is C10H19NO2. The highest BCUT2D eigenvalue weighted by Gasteiger charge is 2.30. The molecule has 0 spiro atoms. The second-order valence-corrected chi connectivity index (χ2v) is 4.09. The Morgan fingerprint density at radius 2 is 2.15 bits per heavy atom. The molecule has 0 unspecified atom stereocenters. The molecular weight excluding hydrogens is 166 g/mol. The van der Waals surface area contributed by atoms with E-state index in [1.165, 1.54) is 12.8 Å². The second-order valence-electron chi connectivity index (χ2n) is 4.09. The number of hydrogen-bond acceptors (Lipinski definition) is 2. The molecule has 1 rings (SSSR count). The molecule has 3 heteroatoms. The molecule has 0 saturated heterocycles. The van der Waals surface area contributed by atoms with E-state index < -0.39 is 5.97 Å². The summed E-state index contributed by atoms with van der Waals surface area (Å²) in [5.74, 6) is 0.0890. The molecule has 1 saturated carbocycles. The molecule has 13 heavy (non-hydrogen) atoms. The maximum absolute atomic E-state index is 10.6. The summed E-state index contributed by atoms with van der Waals surface area (Å²) >= 11 is 0. The van der Waals surface area contributed by atoms with E-state index in [4.69, 9.17) is 5.11 Å². The topological polar surface area (TPSA) is 40.5 Å². The van der Waals surface area contributed by atoms with Gasteiger partial charge in [-0.3, -0.25) is 9.69 Å². The van der Waals surface area contributed by atoms with Gasteiger partial charge in [0.1, 0.15) is 0 Å². The van der Waals surface area contributed by atoms with E-state index >= 15 is 0 Å². The maximum Gasteiger partial charge on any atom is 0.317 e. The Kier molecular flexibility index (Phi) is 3.72. The van der Waals surface area contributed by atoms with Crippen LogP contribution >= 0.6 is 0 Å². The van der Waals surface area contributed by atoms with Gasteiger partial charge >= 0.3 is 5.97 Å². The SMILES string of the molecule is CCCN(CC(=O)O)C1CC(C)C1. The number of rotatable bonds is 5. The number of carboxylic acid groups (broad SMARTS) is 1. The van der Waals surface area contributed by atoms with Crippen LogP contribution in [0.5, 0.6) is 0 Å². The van der Waals surface area contributed by atoms with Gasteiger partial charge in [-0.1, -0.05) is 13.8 Å². The van der Waals surface area contributed by atoms with Crippen LogP contribution in [0.2, 0.25) is 0 Å². The molecule has 0 aromatic rings. The van der Waals surface area contributed by atoms with Gasteiger partial charge in [-0.2, -0.15) is 0 Å². The molecule has 1 aliphatic carbocycles. The fourth-order valence-electron chi connectivity index (χ4n) is 2.01. The van der Waals surface area contributed by atoms with Crippen LogP contribution in [0, 0.1) is 5.92 Å². The number of carbonyl (C=O) groups is 1. The lowest BCUT2D eigenvalue weighted by Crippen LogP contribution is -2.46. The van der Waals surface area contributed by atoms with E-state index in [2.05, 4.69) is 18.7 Å². The fraction of sp³-hybridized carbons (Fsp3) is 0.900. The summed E-state index contributed by atoms with van der Waals surface area (Å²) in [4.78, 5) is 12.7. The van der Waals surface area contributed by atoms with E-state index in [1.54, 1.807) is 0 Å². The van der Waals surface area contributed by atoms with Gasteiger partial charge < -0.3 is 5.11 Å². The van der Waals surface area contributed by atoms with Crippen molar-refractivity contribution in [1.29, 1.82) is 0 Å². The Labute approximate surface area is 79.7 Å². The highest BCUT2D eigenvalue weighted by molar-refractivity contribution is 5.69.